The number of benzene rings is 1. The SMILES string of the molecule is O=C(NCCCn1ccnc1)c1ccc([C@H]2CCCNC2)cc1. The van der Waals surface area contributed by atoms with Gasteiger partial charge >= 0.3 is 0 Å². The predicted molar refractivity (Wildman–Crippen MR) is 90.5 cm³/mol. The Morgan fingerprint density at radius 1 is 1.35 bits per heavy atom. The maximum atomic E-state index is 12.2. The van der Waals surface area contributed by atoms with Gasteiger partial charge in [0, 0.05) is 37.6 Å². The van der Waals surface area contributed by atoms with Gasteiger partial charge in [0.15, 0.2) is 0 Å². The van der Waals surface area contributed by atoms with Crippen LogP contribution in [0.2, 0.25) is 0 Å². The van der Waals surface area contributed by atoms with Crippen molar-refractivity contribution >= 4 is 5.91 Å². The van der Waals surface area contributed by atoms with E-state index < -0.39 is 0 Å². The number of piperidine rings is 1. The molecular weight excluding hydrogens is 288 g/mol. The van der Waals surface area contributed by atoms with Crippen LogP contribution in [0.25, 0.3) is 0 Å². The molecule has 5 nitrogen and oxygen atoms in total. The van der Waals surface area contributed by atoms with Crippen molar-refractivity contribution in [2.45, 2.75) is 31.7 Å². The summed E-state index contributed by atoms with van der Waals surface area (Å²) in [5.74, 6) is 0.583. The molecule has 0 radical (unpaired) electrons. The van der Waals surface area contributed by atoms with E-state index in [2.05, 4.69) is 27.8 Å². The van der Waals surface area contributed by atoms with Crippen LogP contribution >= 0.6 is 0 Å². The molecule has 0 unspecified atom stereocenters. The number of hydrogen-bond acceptors (Lipinski definition) is 3. The van der Waals surface area contributed by atoms with Gasteiger partial charge in [-0.15, -0.1) is 0 Å². The molecule has 1 aromatic carbocycles. The fourth-order valence-corrected chi connectivity index (χ4v) is 3.03. The Kier molecular flexibility index (Phi) is 5.42. The van der Waals surface area contributed by atoms with Gasteiger partial charge in [0.05, 0.1) is 6.33 Å². The third-order valence-corrected chi connectivity index (χ3v) is 4.38. The molecule has 1 aliphatic heterocycles. The topological polar surface area (TPSA) is 59.0 Å². The minimum absolute atomic E-state index is 0.00366. The van der Waals surface area contributed by atoms with Gasteiger partial charge < -0.3 is 15.2 Å². The number of amides is 1. The summed E-state index contributed by atoms with van der Waals surface area (Å²) in [4.78, 5) is 16.2. The molecule has 1 aromatic heterocycles. The first-order valence-electron chi connectivity index (χ1n) is 8.37. The second-order valence-electron chi connectivity index (χ2n) is 6.08. The Bertz CT molecular complexity index is 600. The summed E-state index contributed by atoms with van der Waals surface area (Å²) in [6, 6.07) is 8.07. The maximum Gasteiger partial charge on any atom is 0.251 e. The van der Waals surface area contributed by atoms with E-state index in [4.69, 9.17) is 0 Å². The Morgan fingerprint density at radius 3 is 2.91 bits per heavy atom. The predicted octanol–water partition coefficient (Wildman–Crippen LogP) is 2.17. The van der Waals surface area contributed by atoms with Crippen molar-refractivity contribution in [1.29, 1.82) is 0 Å². The van der Waals surface area contributed by atoms with Crippen LogP contribution in [0.1, 0.15) is 41.1 Å². The third-order valence-electron chi connectivity index (χ3n) is 4.38. The molecule has 2 N–H and O–H groups in total. The molecule has 1 aliphatic rings. The lowest BCUT2D eigenvalue weighted by Gasteiger charge is -2.23. The number of carbonyl (C=O) groups is 1. The number of aryl methyl sites for hydroxylation is 1. The average Bonchev–Trinajstić information content (AvgIpc) is 3.13. The molecule has 0 bridgehead atoms. The van der Waals surface area contributed by atoms with E-state index in [1.54, 1.807) is 12.5 Å². The van der Waals surface area contributed by atoms with Crippen molar-refractivity contribution < 1.29 is 4.79 Å². The van der Waals surface area contributed by atoms with E-state index in [1.807, 2.05) is 22.9 Å². The second-order valence-corrected chi connectivity index (χ2v) is 6.08. The summed E-state index contributed by atoms with van der Waals surface area (Å²) in [6.07, 6.45) is 8.84. The summed E-state index contributed by atoms with van der Waals surface area (Å²) >= 11 is 0. The van der Waals surface area contributed by atoms with E-state index in [9.17, 15) is 4.79 Å². The summed E-state index contributed by atoms with van der Waals surface area (Å²) in [6.45, 7) is 3.70. The quantitative estimate of drug-likeness (QED) is 0.804. The van der Waals surface area contributed by atoms with Gasteiger partial charge in [0.1, 0.15) is 0 Å². The number of nitrogens with one attached hydrogen (secondary N) is 2. The number of carbonyl (C=O) groups excluding carboxylic acids is 1. The molecule has 1 amide bonds. The van der Waals surface area contributed by atoms with Gasteiger partial charge in [-0.25, -0.2) is 4.98 Å². The van der Waals surface area contributed by atoms with Gasteiger partial charge in [-0.1, -0.05) is 12.1 Å². The van der Waals surface area contributed by atoms with E-state index >= 15 is 0 Å². The molecule has 2 aromatic rings. The lowest BCUT2D eigenvalue weighted by atomic mass is 9.91. The van der Waals surface area contributed by atoms with Crippen LogP contribution in [0.3, 0.4) is 0 Å². The number of rotatable bonds is 6. The third kappa shape index (κ3) is 4.42. The van der Waals surface area contributed by atoms with E-state index in [0.717, 1.165) is 31.6 Å². The van der Waals surface area contributed by atoms with Crippen LogP contribution < -0.4 is 10.6 Å². The molecule has 122 valence electrons. The Labute approximate surface area is 137 Å². The standard InChI is InChI=1S/C18H24N4O/c23-18(21-9-2-11-22-12-10-20-14-22)16-6-4-15(5-7-16)17-3-1-8-19-13-17/h4-7,10,12,14,17,19H,1-3,8-9,11,13H2,(H,21,23)/t17-/m0/s1. The van der Waals surface area contributed by atoms with Crippen molar-refractivity contribution in [2.75, 3.05) is 19.6 Å². The molecule has 5 heteroatoms. The zero-order valence-corrected chi connectivity index (χ0v) is 13.4. The van der Waals surface area contributed by atoms with Crippen molar-refractivity contribution in [3.63, 3.8) is 0 Å². The normalized spacial score (nSPS) is 17.8. The zero-order chi connectivity index (χ0) is 15.9. The highest BCUT2D eigenvalue weighted by Crippen LogP contribution is 2.23. The van der Waals surface area contributed by atoms with Crippen LogP contribution in [0.4, 0.5) is 0 Å². The van der Waals surface area contributed by atoms with Gasteiger partial charge in [0.25, 0.3) is 5.91 Å². The number of aromatic nitrogens is 2. The summed E-state index contributed by atoms with van der Waals surface area (Å²) < 4.78 is 2.01. The highest BCUT2D eigenvalue weighted by atomic mass is 16.1. The molecule has 1 fully saturated rings. The number of nitrogens with zero attached hydrogens (tertiary/aromatic N) is 2. The van der Waals surface area contributed by atoms with Crippen molar-refractivity contribution in [2.24, 2.45) is 0 Å². The summed E-state index contributed by atoms with van der Waals surface area (Å²) in [7, 11) is 0. The van der Waals surface area contributed by atoms with E-state index in [1.165, 1.54) is 18.4 Å². The molecule has 2 heterocycles. The van der Waals surface area contributed by atoms with Crippen molar-refractivity contribution in [3.05, 3.63) is 54.1 Å². The minimum atomic E-state index is 0.00366. The Hall–Kier alpha value is -2.14. The highest BCUT2D eigenvalue weighted by molar-refractivity contribution is 5.94. The number of imidazole rings is 1. The molecular formula is C18H24N4O. The lowest BCUT2D eigenvalue weighted by molar-refractivity contribution is 0.0952. The first kappa shape index (κ1) is 15.7. The lowest BCUT2D eigenvalue weighted by Crippen LogP contribution is -2.28. The first-order chi connectivity index (χ1) is 11.3. The minimum Gasteiger partial charge on any atom is -0.352 e. The smallest absolute Gasteiger partial charge is 0.251 e. The fraction of sp³-hybridized carbons (Fsp3) is 0.444. The molecule has 23 heavy (non-hydrogen) atoms. The van der Waals surface area contributed by atoms with Gasteiger partial charge in [0.2, 0.25) is 0 Å². The van der Waals surface area contributed by atoms with E-state index in [0.29, 0.717) is 12.5 Å². The van der Waals surface area contributed by atoms with Crippen LogP contribution in [0, 0.1) is 0 Å². The van der Waals surface area contributed by atoms with E-state index in [-0.39, 0.29) is 5.91 Å². The van der Waals surface area contributed by atoms with Crippen LogP contribution in [-0.4, -0.2) is 35.1 Å². The highest BCUT2D eigenvalue weighted by Gasteiger charge is 2.15. The molecule has 3 rings (SSSR count). The molecule has 0 aliphatic carbocycles. The Morgan fingerprint density at radius 2 is 2.22 bits per heavy atom. The van der Waals surface area contributed by atoms with Crippen LogP contribution in [0.15, 0.2) is 43.0 Å². The molecule has 0 saturated carbocycles. The second kappa shape index (κ2) is 7.92. The molecule has 1 atom stereocenters. The molecule has 1 saturated heterocycles. The molecule has 0 spiro atoms. The maximum absolute atomic E-state index is 12.2. The number of hydrogen-bond donors (Lipinski definition) is 2. The van der Waals surface area contributed by atoms with Crippen LogP contribution in [0.5, 0.6) is 0 Å². The largest absolute Gasteiger partial charge is 0.352 e. The van der Waals surface area contributed by atoms with Gasteiger partial charge in [-0.2, -0.15) is 0 Å². The Balaban J connectivity index is 1.45. The van der Waals surface area contributed by atoms with Gasteiger partial charge in [-0.3, -0.25) is 4.79 Å². The van der Waals surface area contributed by atoms with Gasteiger partial charge in [-0.05, 0) is 49.4 Å². The van der Waals surface area contributed by atoms with Crippen LogP contribution in [-0.2, 0) is 6.54 Å². The average molecular weight is 312 g/mol. The zero-order valence-electron chi connectivity index (χ0n) is 13.4. The van der Waals surface area contributed by atoms with Crippen molar-refractivity contribution in [3.8, 4) is 0 Å². The fourth-order valence-electron chi connectivity index (χ4n) is 3.03. The summed E-state index contributed by atoms with van der Waals surface area (Å²) in [5.41, 5.74) is 2.06. The van der Waals surface area contributed by atoms with Crippen molar-refractivity contribution in [1.82, 2.24) is 20.2 Å². The summed E-state index contributed by atoms with van der Waals surface area (Å²) in [5, 5.41) is 6.41. The monoisotopic (exact) mass is 312 g/mol. The first-order valence-corrected chi connectivity index (χ1v) is 8.37.